The monoisotopic (exact) mass is 424 g/mol. The van der Waals surface area contributed by atoms with Crippen molar-refractivity contribution in [1.29, 1.82) is 0 Å². The highest BCUT2D eigenvalue weighted by molar-refractivity contribution is 7.92. The summed E-state index contributed by atoms with van der Waals surface area (Å²) in [5, 5.41) is 13.1. The molecule has 4 rings (SSSR count). The van der Waals surface area contributed by atoms with Gasteiger partial charge in [0.05, 0.1) is 38.2 Å². The predicted octanol–water partition coefficient (Wildman–Crippen LogP) is 3.63. The van der Waals surface area contributed by atoms with Crippen LogP contribution in [-0.4, -0.2) is 44.1 Å². The Bertz CT molecular complexity index is 1240. The van der Waals surface area contributed by atoms with Crippen molar-refractivity contribution in [3.63, 3.8) is 0 Å². The molecule has 0 aliphatic rings. The van der Waals surface area contributed by atoms with Gasteiger partial charge < -0.3 is 14.4 Å². The number of rotatable bonds is 7. The molecule has 1 N–H and O–H groups in total. The molecular weight excluding hydrogens is 400 g/mol. The topological polar surface area (TPSA) is 71.8 Å². The van der Waals surface area contributed by atoms with Crippen molar-refractivity contribution in [2.45, 2.75) is 12.6 Å². The molecule has 0 aliphatic carbocycles. The van der Waals surface area contributed by atoms with Crippen LogP contribution in [0.3, 0.4) is 0 Å². The fraction of sp³-hybridized carbons (Fsp3) is 0.217. The number of aliphatic hydroxyl groups is 1. The molecule has 7 heteroatoms. The quantitative estimate of drug-likeness (QED) is 0.492. The lowest BCUT2D eigenvalue weighted by Gasteiger charge is -2.26. The number of sulfonamides is 1. The maximum atomic E-state index is 12.5. The Labute approximate surface area is 176 Å². The summed E-state index contributed by atoms with van der Waals surface area (Å²) in [5.74, 6) is 0.554. The summed E-state index contributed by atoms with van der Waals surface area (Å²) in [6, 6.07) is 22.9. The van der Waals surface area contributed by atoms with E-state index in [0.717, 1.165) is 28.1 Å². The van der Waals surface area contributed by atoms with Gasteiger partial charge in [0.1, 0.15) is 5.75 Å². The van der Waals surface area contributed by atoms with Crippen LogP contribution in [0, 0.1) is 0 Å². The fourth-order valence-electron chi connectivity index (χ4n) is 3.86. The van der Waals surface area contributed by atoms with Gasteiger partial charge >= 0.3 is 0 Å². The molecular formula is C23H24N2O4S. The van der Waals surface area contributed by atoms with Gasteiger partial charge in [-0.2, -0.15) is 0 Å². The molecule has 0 spiro atoms. The van der Waals surface area contributed by atoms with Crippen molar-refractivity contribution < 1.29 is 18.3 Å². The third kappa shape index (κ3) is 3.86. The van der Waals surface area contributed by atoms with Crippen LogP contribution in [0.2, 0.25) is 0 Å². The maximum Gasteiger partial charge on any atom is 0.232 e. The number of anilines is 1. The number of nitrogens with zero attached hydrogens (tertiary/aromatic N) is 2. The van der Waals surface area contributed by atoms with E-state index in [-0.39, 0.29) is 13.1 Å². The lowest BCUT2D eigenvalue weighted by atomic mass is 10.2. The second kappa shape index (κ2) is 8.01. The molecule has 156 valence electrons. The van der Waals surface area contributed by atoms with Gasteiger partial charge in [-0.1, -0.05) is 42.5 Å². The minimum absolute atomic E-state index is 0.0627. The summed E-state index contributed by atoms with van der Waals surface area (Å²) in [6.45, 7) is 0.205. The molecule has 0 fully saturated rings. The number of hydrogen-bond acceptors (Lipinski definition) is 4. The third-order valence-corrected chi connectivity index (χ3v) is 6.35. The van der Waals surface area contributed by atoms with Crippen LogP contribution >= 0.6 is 0 Å². The van der Waals surface area contributed by atoms with Crippen molar-refractivity contribution >= 4 is 37.5 Å². The molecule has 0 saturated heterocycles. The molecule has 6 nitrogen and oxygen atoms in total. The van der Waals surface area contributed by atoms with Gasteiger partial charge in [-0.15, -0.1) is 0 Å². The fourth-order valence-corrected chi connectivity index (χ4v) is 4.80. The Hall–Kier alpha value is -3.03. The van der Waals surface area contributed by atoms with Gasteiger partial charge in [0.25, 0.3) is 0 Å². The van der Waals surface area contributed by atoms with Gasteiger partial charge in [-0.05, 0) is 24.3 Å². The summed E-state index contributed by atoms with van der Waals surface area (Å²) >= 11 is 0. The first kappa shape index (κ1) is 20.3. The third-order valence-electron chi connectivity index (χ3n) is 5.19. The summed E-state index contributed by atoms with van der Waals surface area (Å²) in [6.07, 6.45) is 0.227. The summed E-state index contributed by atoms with van der Waals surface area (Å²) < 4.78 is 33.4. The van der Waals surface area contributed by atoms with Crippen LogP contribution in [-0.2, 0) is 16.6 Å². The van der Waals surface area contributed by atoms with E-state index < -0.39 is 16.1 Å². The highest BCUT2D eigenvalue weighted by Crippen LogP contribution is 2.29. The SMILES string of the molecule is COc1cccc(N(CC(O)Cn2c3ccccc3c3ccccc32)S(C)(=O)=O)c1. The van der Waals surface area contributed by atoms with Crippen LogP contribution in [0.15, 0.2) is 72.8 Å². The highest BCUT2D eigenvalue weighted by Gasteiger charge is 2.23. The largest absolute Gasteiger partial charge is 0.497 e. The van der Waals surface area contributed by atoms with Crippen molar-refractivity contribution in [2.75, 3.05) is 24.2 Å². The van der Waals surface area contributed by atoms with Crippen molar-refractivity contribution in [3.05, 3.63) is 72.8 Å². The second-order valence-corrected chi connectivity index (χ2v) is 9.20. The number of fused-ring (bicyclic) bond motifs is 3. The van der Waals surface area contributed by atoms with E-state index in [1.54, 1.807) is 24.3 Å². The first-order valence-electron chi connectivity index (χ1n) is 9.64. The van der Waals surface area contributed by atoms with Crippen molar-refractivity contribution in [3.8, 4) is 5.75 Å². The number of ether oxygens (including phenoxy) is 1. The lowest BCUT2D eigenvalue weighted by Crippen LogP contribution is -2.38. The van der Waals surface area contributed by atoms with Crippen molar-refractivity contribution in [1.82, 2.24) is 4.57 Å². The van der Waals surface area contributed by atoms with Crippen LogP contribution in [0.1, 0.15) is 0 Å². The summed E-state index contributed by atoms with van der Waals surface area (Å²) in [4.78, 5) is 0. The smallest absolute Gasteiger partial charge is 0.232 e. The van der Waals surface area contributed by atoms with E-state index >= 15 is 0 Å². The number of hydrogen-bond donors (Lipinski definition) is 1. The number of aromatic nitrogens is 1. The highest BCUT2D eigenvalue weighted by atomic mass is 32.2. The molecule has 1 heterocycles. The normalized spacial score (nSPS) is 12.9. The zero-order valence-electron chi connectivity index (χ0n) is 16.9. The molecule has 4 aromatic rings. The van der Waals surface area contributed by atoms with E-state index in [1.807, 2.05) is 41.0 Å². The molecule has 1 atom stereocenters. The standard InChI is InChI=1S/C23H24N2O4S/c1-29-19-9-7-8-17(14-19)25(30(2,27)28)16-18(26)15-24-22-12-5-3-10-20(22)21-11-4-6-13-23(21)24/h3-14,18,26H,15-16H2,1-2H3. The zero-order valence-corrected chi connectivity index (χ0v) is 17.7. The molecule has 0 aliphatic heterocycles. The van der Waals surface area contributed by atoms with E-state index in [9.17, 15) is 13.5 Å². The first-order chi connectivity index (χ1) is 14.4. The predicted molar refractivity (Wildman–Crippen MR) is 121 cm³/mol. The van der Waals surface area contributed by atoms with Gasteiger partial charge in [0.15, 0.2) is 0 Å². The minimum atomic E-state index is -3.59. The van der Waals surface area contributed by atoms with Gasteiger partial charge in [0.2, 0.25) is 10.0 Å². The number of para-hydroxylation sites is 2. The summed E-state index contributed by atoms with van der Waals surface area (Å²) in [5.41, 5.74) is 2.47. The maximum absolute atomic E-state index is 12.5. The van der Waals surface area contributed by atoms with Crippen LogP contribution in [0.25, 0.3) is 21.8 Å². The van der Waals surface area contributed by atoms with E-state index in [4.69, 9.17) is 4.74 Å². The Morgan fingerprint density at radius 2 is 1.57 bits per heavy atom. The molecule has 30 heavy (non-hydrogen) atoms. The molecule has 0 saturated carbocycles. The number of aliphatic hydroxyl groups excluding tert-OH is 1. The van der Waals surface area contributed by atoms with E-state index in [0.29, 0.717) is 11.4 Å². The Kier molecular flexibility index (Phi) is 5.40. The Morgan fingerprint density at radius 3 is 2.13 bits per heavy atom. The molecule has 0 amide bonds. The molecule has 0 bridgehead atoms. The molecule has 3 aromatic carbocycles. The van der Waals surface area contributed by atoms with Gasteiger partial charge in [-0.3, -0.25) is 4.31 Å². The van der Waals surface area contributed by atoms with Crippen LogP contribution in [0.4, 0.5) is 5.69 Å². The first-order valence-corrected chi connectivity index (χ1v) is 11.5. The second-order valence-electron chi connectivity index (χ2n) is 7.29. The minimum Gasteiger partial charge on any atom is -0.497 e. The molecule has 0 radical (unpaired) electrons. The Morgan fingerprint density at radius 1 is 0.967 bits per heavy atom. The average Bonchev–Trinajstić information content (AvgIpc) is 3.05. The van der Waals surface area contributed by atoms with Gasteiger partial charge in [-0.25, -0.2) is 8.42 Å². The van der Waals surface area contributed by atoms with Gasteiger partial charge in [0, 0.05) is 27.9 Å². The van der Waals surface area contributed by atoms with E-state index in [1.165, 1.54) is 11.4 Å². The molecule has 1 aromatic heterocycles. The zero-order chi connectivity index (χ0) is 21.3. The van der Waals surface area contributed by atoms with Crippen LogP contribution in [0.5, 0.6) is 5.75 Å². The number of methoxy groups -OCH3 is 1. The van der Waals surface area contributed by atoms with Crippen LogP contribution < -0.4 is 9.04 Å². The average molecular weight is 425 g/mol. The lowest BCUT2D eigenvalue weighted by molar-refractivity contribution is 0.166. The van der Waals surface area contributed by atoms with E-state index in [2.05, 4.69) is 12.1 Å². The molecule has 1 unspecified atom stereocenters. The van der Waals surface area contributed by atoms with Crippen molar-refractivity contribution in [2.24, 2.45) is 0 Å². The number of benzene rings is 3. The summed E-state index contributed by atoms with van der Waals surface area (Å²) in [7, 11) is -2.06. The Balaban J connectivity index is 1.68.